The van der Waals surface area contributed by atoms with E-state index in [2.05, 4.69) is 10.0 Å². The highest BCUT2D eigenvalue weighted by molar-refractivity contribution is 7.92. The van der Waals surface area contributed by atoms with E-state index in [0.717, 1.165) is 0 Å². The molecule has 0 radical (unpaired) electrons. The van der Waals surface area contributed by atoms with Gasteiger partial charge in [0.25, 0.3) is 15.9 Å². The van der Waals surface area contributed by atoms with Gasteiger partial charge in [0.1, 0.15) is 0 Å². The molecule has 8 nitrogen and oxygen atoms in total. The van der Waals surface area contributed by atoms with Crippen molar-refractivity contribution in [2.24, 2.45) is 0 Å². The molecule has 0 atom stereocenters. The molecule has 0 spiro atoms. The zero-order valence-electron chi connectivity index (χ0n) is 17.2. The van der Waals surface area contributed by atoms with Crippen molar-refractivity contribution in [3.05, 3.63) is 89.0 Å². The highest BCUT2D eigenvalue weighted by atomic mass is 32.2. The second-order valence-electron chi connectivity index (χ2n) is 7.03. The van der Waals surface area contributed by atoms with Gasteiger partial charge in [0.15, 0.2) is 5.78 Å². The molecule has 0 saturated carbocycles. The van der Waals surface area contributed by atoms with E-state index in [-0.39, 0.29) is 33.2 Å². The first kappa shape index (κ1) is 22.7. The van der Waals surface area contributed by atoms with E-state index in [1.165, 1.54) is 55.5 Å². The minimum atomic E-state index is -4.07. The molecular formula is C23H20N2O6S. The number of hydrogen-bond donors (Lipinski definition) is 3. The molecule has 3 rings (SSSR count). The summed E-state index contributed by atoms with van der Waals surface area (Å²) in [5, 5.41) is 11.8. The molecule has 3 N–H and O–H groups in total. The molecule has 0 fully saturated rings. The van der Waals surface area contributed by atoms with Crippen LogP contribution >= 0.6 is 0 Å². The molecule has 1 amide bonds. The van der Waals surface area contributed by atoms with Gasteiger partial charge in [0.05, 0.1) is 16.1 Å². The van der Waals surface area contributed by atoms with Gasteiger partial charge in [-0.2, -0.15) is 0 Å². The predicted molar refractivity (Wildman–Crippen MR) is 120 cm³/mol. The zero-order chi connectivity index (χ0) is 23.5. The summed E-state index contributed by atoms with van der Waals surface area (Å²) in [5.74, 6) is -2.07. The number of ketones is 1. The van der Waals surface area contributed by atoms with Crippen molar-refractivity contribution in [3.8, 4) is 0 Å². The van der Waals surface area contributed by atoms with E-state index < -0.39 is 21.9 Å². The van der Waals surface area contributed by atoms with Crippen molar-refractivity contribution < 1.29 is 27.9 Å². The number of aromatic carboxylic acids is 1. The Kier molecular flexibility index (Phi) is 6.40. The van der Waals surface area contributed by atoms with Crippen molar-refractivity contribution in [1.82, 2.24) is 0 Å². The maximum Gasteiger partial charge on any atom is 0.337 e. The monoisotopic (exact) mass is 452 g/mol. The van der Waals surface area contributed by atoms with E-state index in [0.29, 0.717) is 11.1 Å². The van der Waals surface area contributed by atoms with Crippen LogP contribution < -0.4 is 10.0 Å². The van der Waals surface area contributed by atoms with Gasteiger partial charge in [0.2, 0.25) is 0 Å². The third-order valence-corrected chi connectivity index (χ3v) is 6.19. The molecule has 164 valence electrons. The standard InChI is InChI=1S/C23H20N2O6S/c1-14-10-11-17(22(27)24-20-9-4-3-8-19(20)23(28)29)13-21(14)32(30,31)25-18-7-5-6-16(12-18)15(2)26/h3-13,25H,1-2H3,(H,24,27)(H,28,29). The van der Waals surface area contributed by atoms with E-state index in [1.807, 2.05) is 0 Å². The minimum absolute atomic E-state index is 0.0358. The van der Waals surface area contributed by atoms with Gasteiger partial charge in [-0.25, -0.2) is 13.2 Å². The summed E-state index contributed by atoms with van der Waals surface area (Å²) in [7, 11) is -4.07. The number of amides is 1. The van der Waals surface area contributed by atoms with E-state index in [4.69, 9.17) is 0 Å². The molecule has 3 aromatic rings. The smallest absolute Gasteiger partial charge is 0.337 e. The Morgan fingerprint density at radius 1 is 0.875 bits per heavy atom. The molecule has 0 aliphatic heterocycles. The van der Waals surface area contributed by atoms with Crippen molar-refractivity contribution in [2.75, 3.05) is 10.0 Å². The van der Waals surface area contributed by atoms with E-state index >= 15 is 0 Å². The topological polar surface area (TPSA) is 130 Å². The van der Waals surface area contributed by atoms with Gasteiger partial charge in [-0.05, 0) is 55.8 Å². The summed E-state index contributed by atoms with van der Waals surface area (Å²) in [6.07, 6.45) is 0. The summed E-state index contributed by atoms with van der Waals surface area (Å²) in [6, 6.07) is 16.1. The Morgan fingerprint density at radius 2 is 1.59 bits per heavy atom. The Bertz CT molecular complexity index is 1330. The lowest BCUT2D eigenvalue weighted by molar-refractivity contribution is 0.0697. The number of sulfonamides is 1. The van der Waals surface area contributed by atoms with Crippen LogP contribution in [-0.2, 0) is 10.0 Å². The SMILES string of the molecule is CC(=O)c1cccc(NS(=O)(=O)c2cc(C(=O)Nc3ccccc3C(=O)O)ccc2C)c1. The summed E-state index contributed by atoms with van der Waals surface area (Å²) < 4.78 is 28.4. The number of carboxylic acid groups (broad SMARTS) is 1. The fourth-order valence-electron chi connectivity index (χ4n) is 3.02. The summed E-state index contributed by atoms with van der Waals surface area (Å²) in [6.45, 7) is 2.96. The van der Waals surface area contributed by atoms with Crippen LogP contribution in [-0.4, -0.2) is 31.2 Å². The fraction of sp³-hybridized carbons (Fsp3) is 0.0870. The van der Waals surface area contributed by atoms with Crippen molar-refractivity contribution in [1.29, 1.82) is 0 Å². The Labute approximate surface area is 185 Å². The molecule has 0 unspecified atom stereocenters. The first-order chi connectivity index (χ1) is 15.1. The third-order valence-electron chi connectivity index (χ3n) is 4.67. The molecule has 0 saturated heterocycles. The quantitative estimate of drug-likeness (QED) is 0.466. The number of hydrogen-bond acceptors (Lipinski definition) is 5. The number of carbonyl (C=O) groups is 3. The van der Waals surface area contributed by atoms with Crippen molar-refractivity contribution in [2.45, 2.75) is 18.7 Å². The number of aryl methyl sites for hydroxylation is 1. The normalized spacial score (nSPS) is 10.9. The predicted octanol–water partition coefficient (Wildman–Crippen LogP) is 3.95. The molecule has 0 aliphatic rings. The minimum Gasteiger partial charge on any atom is -0.478 e. The number of benzene rings is 3. The molecule has 0 aliphatic carbocycles. The molecule has 0 heterocycles. The number of carboxylic acids is 1. The van der Waals surface area contributed by atoms with E-state index in [1.54, 1.807) is 25.1 Å². The summed E-state index contributed by atoms with van der Waals surface area (Å²) >= 11 is 0. The van der Waals surface area contributed by atoms with Crippen LogP contribution in [0.5, 0.6) is 0 Å². The largest absolute Gasteiger partial charge is 0.478 e. The number of carbonyl (C=O) groups excluding carboxylic acids is 2. The molecule has 0 bridgehead atoms. The Balaban J connectivity index is 1.91. The lowest BCUT2D eigenvalue weighted by Crippen LogP contribution is -2.18. The van der Waals surface area contributed by atoms with Gasteiger partial charge in [0, 0.05) is 16.8 Å². The lowest BCUT2D eigenvalue weighted by Gasteiger charge is -2.13. The number of para-hydroxylation sites is 1. The lowest BCUT2D eigenvalue weighted by atomic mass is 10.1. The first-order valence-electron chi connectivity index (χ1n) is 9.46. The second-order valence-corrected chi connectivity index (χ2v) is 8.68. The Morgan fingerprint density at radius 3 is 2.28 bits per heavy atom. The average molecular weight is 452 g/mol. The van der Waals surface area contributed by atoms with Crippen LogP contribution in [0.3, 0.4) is 0 Å². The zero-order valence-corrected chi connectivity index (χ0v) is 18.1. The number of nitrogens with one attached hydrogen (secondary N) is 2. The molecule has 3 aromatic carbocycles. The van der Waals surface area contributed by atoms with Crippen molar-refractivity contribution >= 4 is 39.1 Å². The van der Waals surface area contributed by atoms with Crippen LogP contribution in [0.1, 0.15) is 43.6 Å². The summed E-state index contributed by atoms with van der Waals surface area (Å²) in [5.41, 5.74) is 1.01. The molecule has 32 heavy (non-hydrogen) atoms. The molecule has 0 aromatic heterocycles. The first-order valence-corrected chi connectivity index (χ1v) is 10.9. The molecule has 9 heteroatoms. The number of rotatable bonds is 7. The van der Waals surface area contributed by atoms with Crippen LogP contribution in [0.15, 0.2) is 71.6 Å². The third kappa shape index (κ3) is 5.01. The van der Waals surface area contributed by atoms with Gasteiger partial charge >= 0.3 is 5.97 Å². The van der Waals surface area contributed by atoms with Gasteiger partial charge in [-0.1, -0.05) is 30.3 Å². The maximum absolute atomic E-state index is 13.0. The summed E-state index contributed by atoms with van der Waals surface area (Å²) in [4.78, 5) is 35.5. The van der Waals surface area contributed by atoms with Crippen molar-refractivity contribution in [3.63, 3.8) is 0 Å². The average Bonchev–Trinajstić information content (AvgIpc) is 2.74. The van der Waals surface area contributed by atoms with Crippen LogP contribution in [0.25, 0.3) is 0 Å². The van der Waals surface area contributed by atoms with Crippen LogP contribution in [0, 0.1) is 6.92 Å². The van der Waals surface area contributed by atoms with Gasteiger partial charge < -0.3 is 10.4 Å². The fourth-order valence-corrected chi connectivity index (χ4v) is 4.34. The number of anilines is 2. The van der Waals surface area contributed by atoms with Gasteiger partial charge in [-0.3, -0.25) is 14.3 Å². The Hall–Kier alpha value is -3.98. The van der Waals surface area contributed by atoms with E-state index in [9.17, 15) is 27.9 Å². The second kappa shape index (κ2) is 9.03. The van der Waals surface area contributed by atoms with Crippen LogP contribution in [0.4, 0.5) is 11.4 Å². The van der Waals surface area contributed by atoms with Gasteiger partial charge in [-0.15, -0.1) is 0 Å². The highest BCUT2D eigenvalue weighted by Crippen LogP contribution is 2.23. The van der Waals surface area contributed by atoms with Crippen LogP contribution in [0.2, 0.25) is 0 Å². The highest BCUT2D eigenvalue weighted by Gasteiger charge is 2.20. The maximum atomic E-state index is 13.0. The molecular weight excluding hydrogens is 432 g/mol. The number of Topliss-reactive ketones (excluding diaryl/α,β-unsaturated/α-hetero) is 1.